The number of thiazole rings is 5. The summed E-state index contributed by atoms with van der Waals surface area (Å²) in [5, 5.41) is 42.2. The molecule has 10 heterocycles. The molecule has 12 rings (SSSR count). The number of allylic oxidation sites excluding steroid dienone is 2. The SMILES string of the molecule is C=CC(=O)C=C.CS(=O)(=O)c1nccc(-c2nc(N)sc2C#N)n1.CS(=O)c1nccc(-c2nc(N)sc2C#N)n1.CSc1nccc(-c2nc(N)sc2Br)n1.CSc1nccc(-c2nc(N)sc2C#N)n1.Cc1cc(C)cc(N)c1.Cc1cc(C)cc(Nc2nccc(-c3nc(N)sc3C#N)n2)c1. The van der Waals surface area contributed by atoms with Gasteiger partial charge < -0.3 is 39.7 Å². The molecule has 2 aromatic carbocycles. The van der Waals surface area contributed by atoms with E-state index in [0.29, 0.717) is 80.4 Å². The minimum absolute atomic E-state index is 0.130. The first-order chi connectivity index (χ1) is 49.5. The van der Waals surface area contributed by atoms with E-state index in [1.54, 1.807) is 36.8 Å². The molecule has 0 spiro atoms. The van der Waals surface area contributed by atoms with E-state index in [-0.39, 0.29) is 37.5 Å². The third kappa shape index (κ3) is 24.6. The molecule has 30 nitrogen and oxygen atoms in total. The van der Waals surface area contributed by atoms with Gasteiger partial charge in [-0.15, -0.1) is 0 Å². The van der Waals surface area contributed by atoms with Crippen molar-refractivity contribution >= 4 is 166 Å². The highest BCUT2D eigenvalue weighted by atomic mass is 79.9. The van der Waals surface area contributed by atoms with Crippen LogP contribution in [0.3, 0.4) is 0 Å². The van der Waals surface area contributed by atoms with Gasteiger partial charge in [0, 0.05) is 54.9 Å². The summed E-state index contributed by atoms with van der Waals surface area (Å²) >= 11 is 12.2. The van der Waals surface area contributed by atoms with Crippen molar-refractivity contribution < 1.29 is 17.4 Å². The molecule has 0 saturated carbocycles. The molecule has 40 heteroatoms. The highest BCUT2D eigenvalue weighted by Crippen LogP contribution is 2.35. The van der Waals surface area contributed by atoms with Crippen LogP contribution in [0.4, 0.5) is 43.0 Å². The summed E-state index contributed by atoms with van der Waals surface area (Å²) in [5.74, 6) is 0.318. The maximum Gasteiger partial charge on any atom is 0.247 e. The number of nitrogens with one attached hydrogen (secondary N) is 1. The molecule has 0 aliphatic heterocycles. The summed E-state index contributed by atoms with van der Waals surface area (Å²) in [5.41, 5.74) is 45.2. The number of nitrogens with zero attached hydrogens (tertiary/aromatic N) is 19. The van der Waals surface area contributed by atoms with Gasteiger partial charge in [0.05, 0.1) is 39.3 Å². The second kappa shape index (κ2) is 39.4. The molecule has 0 saturated heterocycles. The van der Waals surface area contributed by atoms with Crippen molar-refractivity contribution in [2.45, 2.75) is 48.3 Å². The van der Waals surface area contributed by atoms with Crippen LogP contribution < -0.4 is 39.7 Å². The number of benzene rings is 2. The van der Waals surface area contributed by atoms with Crippen molar-refractivity contribution in [1.29, 1.82) is 21.0 Å². The Morgan fingerprint density at radius 3 is 1.21 bits per heavy atom. The lowest BCUT2D eigenvalue weighted by atomic mass is 10.1. The monoisotopic (exact) mass is 1620 g/mol. The van der Waals surface area contributed by atoms with Gasteiger partial charge in [-0.25, -0.2) is 83.2 Å². The molecule has 0 aliphatic carbocycles. The minimum atomic E-state index is -3.51. The quantitative estimate of drug-likeness (QED) is 0.0244. The Hall–Kier alpha value is -11.0. The third-order valence-corrected chi connectivity index (χ3v) is 19.4. The number of hydrogen-bond donors (Lipinski definition) is 7. The van der Waals surface area contributed by atoms with Crippen molar-refractivity contribution in [2.24, 2.45) is 0 Å². The highest BCUT2D eigenvalue weighted by molar-refractivity contribution is 9.11. The Labute approximate surface area is 636 Å². The average Bonchev–Trinajstić information content (AvgIpc) is 1.68. The lowest BCUT2D eigenvalue weighted by Crippen LogP contribution is -2.04. The molecular formula is C64H59BrN26O4S9. The first-order valence-electron chi connectivity index (χ1n) is 28.9. The first kappa shape index (κ1) is 81.9. The summed E-state index contributed by atoms with van der Waals surface area (Å²) in [4.78, 5) is 73.0. The number of anilines is 8. The van der Waals surface area contributed by atoms with Gasteiger partial charge in [0.1, 0.15) is 76.0 Å². The molecule has 530 valence electrons. The number of halogens is 1. The molecule has 13 N–H and O–H groups in total. The van der Waals surface area contributed by atoms with Gasteiger partial charge in [0.2, 0.25) is 26.1 Å². The van der Waals surface area contributed by atoms with E-state index in [1.807, 2.05) is 82.7 Å². The smallest absolute Gasteiger partial charge is 0.247 e. The lowest BCUT2D eigenvalue weighted by molar-refractivity contribution is -0.110. The number of carbonyl (C=O) groups is 1. The van der Waals surface area contributed by atoms with Gasteiger partial charge >= 0.3 is 0 Å². The predicted octanol–water partition coefficient (Wildman–Crippen LogP) is 11.9. The van der Waals surface area contributed by atoms with Crippen molar-refractivity contribution in [3.05, 3.63) is 169 Å². The summed E-state index contributed by atoms with van der Waals surface area (Å²) < 4.78 is 34.8. The molecule has 0 aliphatic rings. The molecule has 12 aromatic rings. The number of nitriles is 4. The maximum atomic E-state index is 11.3. The number of ketones is 1. The third-order valence-electron chi connectivity index (χ3n) is 12.1. The van der Waals surface area contributed by atoms with E-state index < -0.39 is 20.6 Å². The number of aromatic nitrogens is 15. The van der Waals surface area contributed by atoms with Crippen LogP contribution in [0.25, 0.3) is 56.9 Å². The molecule has 104 heavy (non-hydrogen) atoms. The van der Waals surface area contributed by atoms with Crippen molar-refractivity contribution in [3.8, 4) is 81.2 Å². The van der Waals surface area contributed by atoms with Gasteiger partial charge in [-0.3, -0.25) is 9.00 Å². The van der Waals surface area contributed by atoms with E-state index >= 15 is 0 Å². The first-order valence-corrected chi connectivity index (χ1v) is 39.6. The van der Waals surface area contributed by atoms with E-state index in [1.165, 1.54) is 82.9 Å². The fourth-order valence-corrected chi connectivity index (χ4v) is 13.6. The van der Waals surface area contributed by atoms with Crippen LogP contribution in [0, 0.1) is 73.0 Å². The Morgan fingerprint density at radius 1 is 0.510 bits per heavy atom. The summed E-state index contributed by atoms with van der Waals surface area (Å²) in [6.07, 6.45) is 16.5. The summed E-state index contributed by atoms with van der Waals surface area (Å²) in [7, 11) is -4.78. The molecule has 1 atom stereocenters. The molecule has 0 amide bonds. The Kier molecular flexibility index (Phi) is 31.1. The summed E-state index contributed by atoms with van der Waals surface area (Å²) in [6.45, 7) is 14.6. The number of carbonyl (C=O) groups excluding carboxylic acids is 1. The van der Waals surface area contributed by atoms with Crippen molar-refractivity contribution in [2.75, 3.05) is 64.7 Å². The van der Waals surface area contributed by atoms with Gasteiger partial charge in [-0.05, 0) is 145 Å². The molecule has 0 fully saturated rings. The Morgan fingerprint density at radius 2 is 0.856 bits per heavy atom. The van der Waals surface area contributed by atoms with Crippen molar-refractivity contribution in [3.63, 3.8) is 0 Å². The zero-order chi connectivity index (χ0) is 76.4. The van der Waals surface area contributed by atoms with Crippen LogP contribution in [0.2, 0.25) is 0 Å². The van der Waals surface area contributed by atoms with E-state index in [0.717, 1.165) is 94.4 Å². The largest absolute Gasteiger partial charge is 0.399 e. The zero-order valence-corrected chi connectivity index (χ0v) is 64.9. The second-order valence-corrected chi connectivity index (χ2v) is 31.3. The molecular weight excluding hydrogens is 1570 g/mol. The fraction of sp³-hybridized carbons (Fsp3) is 0.125. The fourth-order valence-electron chi connectivity index (χ4n) is 8.04. The number of hydrogen-bond acceptors (Lipinski definition) is 37. The average molecular weight is 1620 g/mol. The summed E-state index contributed by atoms with van der Waals surface area (Å²) in [6, 6.07) is 28.6. The number of nitrogen functional groups attached to an aromatic ring is 6. The van der Waals surface area contributed by atoms with Crippen LogP contribution in [-0.4, -0.2) is 118 Å². The highest BCUT2D eigenvalue weighted by Gasteiger charge is 2.20. The predicted molar refractivity (Wildman–Crippen MR) is 418 cm³/mol. The Balaban J connectivity index is 0.000000195. The normalized spacial score (nSPS) is 10.4. The Bertz CT molecular complexity index is 5300. The van der Waals surface area contributed by atoms with Gasteiger partial charge in [0.25, 0.3) is 0 Å². The molecule has 10 aromatic heterocycles. The maximum absolute atomic E-state index is 11.3. The van der Waals surface area contributed by atoms with E-state index in [4.69, 9.17) is 55.4 Å². The number of thioether (sulfide) groups is 2. The second-order valence-electron chi connectivity index (χ2n) is 20.1. The standard InChI is InChI=1S/C16H14N6S.C9H7N5O2S2.C9H7N5OS2.C9H7N5S2.C8H7BrN4S2.C8H11N.C5H6O/c1-9-5-10(2)7-11(6-9)20-16-19-4-3-12(21-16)14-13(8-17)23-15(18)22-14;1-18(15,16)9-12-3-2-5(13-9)7-6(4-10)17-8(11)14-7;1-17(15)9-12-3-2-5(13-9)7-6(4-10)16-8(11)14-7;1-15-9-12-3-2-5(13-9)7-6(4-10)16-8(11)14-7;1-14-8-11-3-2-4(12-8)5-6(9)15-7(10)13-5;1-6-3-7(2)5-8(9)4-6;1-3-5(6)4-2/h3-7H,1-2H3,(H2,18,22)(H,19,20,21);2-3H,1H3,(H2,11,14);2-3H,1H3,(H2,11,14);2-3H,1H3,(H2,11,14);2-3H,1H3,(H2,10,13);3-5H,9H2,1-2H3;3-4H,1-2H2. The number of rotatable bonds is 13. The van der Waals surface area contributed by atoms with E-state index in [9.17, 15) is 17.4 Å². The molecule has 0 radical (unpaired) electrons. The molecule has 1 unspecified atom stereocenters. The van der Waals surface area contributed by atoms with Crippen molar-refractivity contribution in [1.82, 2.24) is 74.8 Å². The topological polar surface area (TPSA) is 525 Å². The minimum Gasteiger partial charge on any atom is -0.399 e. The van der Waals surface area contributed by atoms with Crippen LogP contribution in [0.1, 0.15) is 41.8 Å². The van der Waals surface area contributed by atoms with Crippen LogP contribution in [-0.2, 0) is 25.4 Å². The lowest BCUT2D eigenvalue weighted by Gasteiger charge is -2.08. The van der Waals surface area contributed by atoms with Crippen LogP contribution in [0.15, 0.2) is 147 Å². The van der Waals surface area contributed by atoms with Gasteiger partial charge in [-0.2, -0.15) is 21.0 Å². The number of sulfone groups is 1. The van der Waals surface area contributed by atoms with Gasteiger partial charge in [0.15, 0.2) is 41.8 Å². The van der Waals surface area contributed by atoms with Crippen LogP contribution in [0.5, 0.6) is 0 Å². The van der Waals surface area contributed by atoms with Gasteiger partial charge in [-0.1, -0.05) is 105 Å². The molecule has 0 bridgehead atoms. The van der Waals surface area contributed by atoms with E-state index in [2.05, 4.69) is 133 Å². The zero-order valence-electron chi connectivity index (χ0n) is 56.0. The number of nitrogens with two attached hydrogens (primary N) is 6. The van der Waals surface area contributed by atoms with Crippen LogP contribution >= 0.6 is 96.1 Å². The number of aryl methyl sites for hydroxylation is 4.